The number of benzene rings is 1. The average Bonchev–Trinajstić information content (AvgIpc) is 3.40. The van der Waals surface area contributed by atoms with Crippen molar-refractivity contribution in [2.24, 2.45) is 17.8 Å². The lowest BCUT2D eigenvalue weighted by molar-refractivity contribution is -0.143. The van der Waals surface area contributed by atoms with Crippen molar-refractivity contribution in [1.29, 1.82) is 0 Å². The molecule has 0 bridgehead atoms. The molecule has 140 valence electrons. The normalized spacial score (nSPS) is 28.1. The van der Waals surface area contributed by atoms with Crippen molar-refractivity contribution >= 4 is 11.9 Å². The van der Waals surface area contributed by atoms with Crippen LogP contribution in [0.1, 0.15) is 31.2 Å². The summed E-state index contributed by atoms with van der Waals surface area (Å²) in [6.07, 6.45) is 3.21. The number of amides is 1. The third-order valence-electron chi connectivity index (χ3n) is 6.35. The molecule has 1 amide bonds. The molecule has 3 aliphatic rings. The van der Waals surface area contributed by atoms with Crippen LogP contribution < -0.4 is 0 Å². The standard InChI is InChI=1S/C20H24FNO4/c21-15-5-3-14(4-6-15)20(7-9-26-10-8-20)19(25)22-11-16(13-1-2-13)17(12-22)18(23)24/h3-6,13,16-17H,1-2,7-12H2,(H,23,24)/t16-,17+/m1/s1. The minimum absolute atomic E-state index is 0.0261. The number of halogens is 1. The molecule has 4 rings (SSSR count). The quantitative estimate of drug-likeness (QED) is 0.895. The molecule has 5 nitrogen and oxygen atoms in total. The van der Waals surface area contributed by atoms with Crippen LogP contribution in [0.4, 0.5) is 4.39 Å². The van der Waals surface area contributed by atoms with Crippen molar-refractivity contribution < 1.29 is 23.8 Å². The molecule has 1 N–H and O–H groups in total. The van der Waals surface area contributed by atoms with Gasteiger partial charge in [-0.25, -0.2) is 4.39 Å². The molecule has 1 saturated carbocycles. The van der Waals surface area contributed by atoms with E-state index >= 15 is 0 Å². The first-order valence-corrected chi connectivity index (χ1v) is 9.37. The van der Waals surface area contributed by atoms with Crippen LogP contribution in [0.5, 0.6) is 0 Å². The van der Waals surface area contributed by atoms with Gasteiger partial charge in [0, 0.05) is 26.3 Å². The van der Waals surface area contributed by atoms with E-state index in [1.165, 1.54) is 12.1 Å². The second-order valence-corrected chi connectivity index (χ2v) is 7.86. The Kier molecular flexibility index (Phi) is 4.47. The van der Waals surface area contributed by atoms with Gasteiger partial charge in [0.2, 0.25) is 5.91 Å². The molecular formula is C20H24FNO4. The fourth-order valence-electron chi connectivity index (χ4n) is 4.68. The molecule has 1 aliphatic carbocycles. The Balaban J connectivity index is 1.62. The number of hydrogen-bond donors (Lipinski definition) is 1. The summed E-state index contributed by atoms with van der Waals surface area (Å²) >= 11 is 0. The van der Waals surface area contributed by atoms with Crippen molar-refractivity contribution in [3.05, 3.63) is 35.6 Å². The van der Waals surface area contributed by atoms with Crippen LogP contribution in [0.2, 0.25) is 0 Å². The highest BCUT2D eigenvalue weighted by atomic mass is 19.1. The van der Waals surface area contributed by atoms with Gasteiger partial charge in [-0.15, -0.1) is 0 Å². The number of carboxylic acid groups (broad SMARTS) is 1. The van der Waals surface area contributed by atoms with Gasteiger partial charge in [-0.05, 0) is 55.2 Å². The first-order valence-electron chi connectivity index (χ1n) is 9.37. The van der Waals surface area contributed by atoms with E-state index in [1.807, 2.05) is 0 Å². The number of aliphatic carboxylic acids is 1. The number of nitrogens with zero attached hydrogens (tertiary/aromatic N) is 1. The molecular weight excluding hydrogens is 337 g/mol. The second kappa shape index (κ2) is 6.65. The number of carbonyl (C=O) groups excluding carboxylic acids is 1. The SMILES string of the molecule is O=C(O)[C@H]1CN(C(=O)C2(c3ccc(F)cc3)CCOCC2)C[C@@H]1C1CC1. The fourth-order valence-corrected chi connectivity index (χ4v) is 4.68. The molecule has 0 spiro atoms. The van der Waals surface area contributed by atoms with Crippen molar-refractivity contribution in [1.82, 2.24) is 4.90 Å². The predicted molar refractivity (Wildman–Crippen MR) is 92.1 cm³/mol. The zero-order valence-corrected chi connectivity index (χ0v) is 14.7. The lowest BCUT2D eigenvalue weighted by Gasteiger charge is -2.39. The molecule has 2 atom stereocenters. The molecule has 1 aromatic carbocycles. The third kappa shape index (κ3) is 3.00. The number of hydrogen-bond acceptors (Lipinski definition) is 3. The summed E-state index contributed by atoms with van der Waals surface area (Å²) in [6, 6.07) is 6.14. The number of carboxylic acids is 1. The van der Waals surface area contributed by atoms with Gasteiger partial charge in [0.25, 0.3) is 0 Å². The van der Waals surface area contributed by atoms with Crippen LogP contribution in [0.3, 0.4) is 0 Å². The molecule has 0 unspecified atom stereocenters. The van der Waals surface area contributed by atoms with Gasteiger partial charge < -0.3 is 14.7 Å². The number of ether oxygens (including phenoxy) is 1. The fraction of sp³-hybridized carbons (Fsp3) is 0.600. The summed E-state index contributed by atoms with van der Waals surface area (Å²) in [7, 11) is 0. The Morgan fingerprint density at radius 2 is 1.77 bits per heavy atom. The predicted octanol–water partition coefficient (Wildman–Crippen LogP) is 2.44. The summed E-state index contributed by atoms with van der Waals surface area (Å²) in [6.45, 7) is 1.75. The van der Waals surface area contributed by atoms with Crippen LogP contribution >= 0.6 is 0 Å². The largest absolute Gasteiger partial charge is 0.481 e. The Morgan fingerprint density at radius 1 is 1.12 bits per heavy atom. The van der Waals surface area contributed by atoms with Gasteiger partial charge in [-0.3, -0.25) is 9.59 Å². The average molecular weight is 361 g/mol. The summed E-state index contributed by atoms with van der Waals surface area (Å²) in [4.78, 5) is 27.0. The van der Waals surface area contributed by atoms with Gasteiger partial charge in [-0.1, -0.05) is 12.1 Å². The van der Waals surface area contributed by atoms with Crippen LogP contribution in [0.15, 0.2) is 24.3 Å². The Labute approximate surface area is 152 Å². The van der Waals surface area contributed by atoms with Gasteiger partial charge in [0.15, 0.2) is 0 Å². The second-order valence-electron chi connectivity index (χ2n) is 7.86. The lowest BCUT2D eigenvalue weighted by atomic mass is 9.73. The Morgan fingerprint density at radius 3 is 2.35 bits per heavy atom. The van der Waals surface area contributed by atoms with Gasteiger partial charge in [-0.2, -0.15) is 0 Å². The molecule has 6 heteroatoms. The maximum Gasteiger partial charge on any atom is 0.308 e. The molecule has 0 aromatic heterocycles. The van der Waals surface area contributed by atoms with E-state index < -0.39 is 17.3 Å². The Bertz CT molecular complexity index is 694. The molecule has 26 heavy (non-hydrogen) atoms. The molecule has 0 radical (unpaired) electrons. The minimum Gasteiger partial charge on any atom is -0.481 e. The van der Waals surface area contributed by atoms with Crippen LogP contribution in [0, 0.1) is 23.6 Å². The van der Waals surface area contributed by atoms with Crippen LogP contribution in [0.25, 0.3) is 0 Å². The lowest BCUT2D eigenvalue weighted by Crippen LogP contribution is -2.49. The number of likely N-dealkylation sites (tertiary alicyclic amines) is 1. The van der Waals surface area contributed by atoms with E-state index in [-0.39, 0.29) is 24.2 Å². The van der Waals surface area contributed by atoms with E-state index in [9.17, 15) is 19.1 Å². The first kappa shape index (κ1) is 17.5. The summed E-state index contributed by atoms with van der Waals surface area (Å²) < 4.78 is 18.9. The van der Waals surface area contributed by atoms with Crippen molar-refractivity contribution in [3.63, 3.8) is 0 Å². The molecule has 3 fully saturated rings. The maximum absolute atomic E-state index is 13.5. The molecule has 2 aliphatic heterocycles. The molecule has 2 saturated heterocycles. The molecule has 1 aromatic rings. The van der Waals surface area contributed by atoms with E-state index in [2.05, 4.69) is 0 Å². The smallest absolute Gasteiger partial charge is 0.308 e. The third-order valence-corrected chi connectivity index (χ3v) is 6.35. The van der Waals surface area contributed by atoms with E-state index in [0.29, 0.717) is 38.5 Å². The van der Waals surface area contributed by atoms with Crippen LogP contribution in [-0.4, -0.2) is 48.2 Å². The molecule has 2 heterocycles. The topological polar surface area (TPSA) is 66.8 Å². The highest BCUT2D eigenvalue weighted by Gasteiger charge is 2.51. The minimum atomic E-state index is -0.806. The highest BCUT2D eigenvalue weighted by molar-refractivity contribution is 5.89. The van der Waals surface area contributed by atoms with E-state index in [4.69, 9.17) is 4.74 Å². The van der Waals surface area contributed by atoms with Crippen molar-refractivity contribution in [2.75, 3.05) is 26.3 Å². The van der Waals surface area contributed by atoms with Gasteiger partial charge in [0.1, 0.15) is 5.82 Å². The number of rotatable bonds is 4. The monoisotopic (exact) mass is 361 g/mol. The van der Waals surface area contributed by atoms with E-state index in [1.54, 1.807) is 17.0 Å². The van der Waals surface area contributed by atoms with Crippen LogP contribution in [-0.2, 0) is 19.7 Å². The van der Waals surface area contributed by atoms with Crippen molar-refractivity contribution in [2.45, 2.75) is 31.1 Å². The van der Waals surface area contributed by atoms with Gasteiger partial charge in [0.05, 0.1) is 11.3 Å². The summed E-state index contributed by atoms with van der Waals surface area (Å²) in [5, 5.41) is 9.58. The zero-order valence-electron chi connectivity index (χ0n) is 14.7. The number of carbonyl (C=O) groups is 2. The van der Waals surface area contributed by atoms with Crippen molar-refractivity contribution in [3.8, 4) is 0 Å². The summed E-state index contributed by atoms with van der Waals surface area (Å²) in [5.74, 6) is -1.14. The highest BCUT2D eigenvalue weighted by Crippen LogP contribution is 2.46. The zero-order chi connectivity index (χ0) is 18.3. The first-order chi connectivity index (χ1) is 12.5. The van der Waals surface area contributed by atoms with E-state index in [0.717, 1.165) is 18.4 Å². The maximum atomic E-state index is 13.5. The Hall–Kier alpha value is -1.95. The van der Waals surface area contributed by atoms with Gasteiger partial charge >= 0.3 is 5.97 Å². The summed E-state index contributed by atoms with van der Waals surface area (Å²) in [5.41, 5.74) is 0.0573.